The third kappa shape index (κ3) is 2.58. The molecule has 1 nitrogen and oxygen atoms in total. The first kappa shape index (κ1) is 9.72. The summed E-state index contributed by atoms with van der Waals surface area (Å²) in [5.74, 6) is 0. The third-order valence-corrected chi connectivity index (χ3v) is 3.11. The van der Waals surface area contributed by atoms with E-state index in [9.17, 15) is 0 Å². The Balaban J connectivity index is 1.95. The lowest BCUT2D eigenvalue weighted by atomic mass is 9.97. The predicted molar refractivity (Wildman–Crippen MR) is 59.3 cm³/mol. The number of benzene rings is 1. The van der Waals surface area contributed by atoms with Crippen molar-refractivity contribution < 1.29 is 5.32 Å². The molecule has 2 rings (SSSR count). The lowest BCUT2D eigenvalue weighted by Crippen LogP contribution is -2.91. The fourth-order valence-corrected chi connectivity index (χ4v) is 2.35. The molecule has 0 saturated carbocycles. The van der Waals surface area contributed by atoms with Gasteiger partial charge in [0.25, 0.3) is 0 Å². The van der Waals surface area contributed by atoms with E-state index < -0.39 is 0 Å². The monoisotopic (exact) mass is 190 g/mol. The molecule has 2 N–H and O–H groups in total. The molecule has 76 valence electrons. The van der Waals surface area contributed by atoms with Crippen molar-refractivity contribution in [2.75, 3.05) is 6.54 Å². The van der Waals surface area contributed by atoms with Crippen molar-refractivity contribution in [2.24, 2.45) is 0 Å². The Morgan fingerprint density at radius 1 is 1.36 bits per heavy atom. The van der Waals surface area contributed by atoms with Crippen LogP contribution in [0.25, 0.3) is 0 Å². The summed E-state index contributed by atoms with van der Waals surface area (Å²) in [5.41, 5.74) is 2.89. The van der Waals surface area contributed by atoms with Gasteiger partial charge in [-0.05, 0) is 31.7 Å². The summed E-state index contributed by atoms with van der Waals surface area (Å²) in [7, 11) is 0. The first-order valence-corrected chi connectivity index (χ1v) is 5.73. The molecule has 1 atom stereocenters. The molecule has 0 spiro atoms. The SMILES string of the molecule is Cc1cccc(C[C@H]2CCCC[NH2+]2)c1. The van der Waals surface area contributed by atoms with E-state index in [4.69, 9.17) is 0 Å². The molecule has 1 aromatic rings. The van der Waals surface area contributed by atoms with Crippen LogP contribution in [0.3, 0.4) is 0 Å². The Morgan fingerprint density at radius 3 is 3.00 bits per heavy atom. The second-order valence-electron chi connectivity index (χ2n) is 4.47. The van der Waals surface area contributed by atoms with Gasteiger partial charge in [0.15, 0.2) is 0 Å². The highest BCUT2D eigenvalue weighted by atomic mass is 14.9. The first-order chi connectivity index (χ1) is 6.84. The second-order valence-corrected chi connectivity index (χ2v) is 4.47. The van der Waals surface area contributed by atoms with E-state index in [2.05, 4.69) is 36.5 Å². The number of hydrogen-bond donors (Lipinski definition) is 1. The summed E-state index contributed by atoms with van der Waals surface area (Å²) in [6, 6.07) is 9.77. The van der Waals surface area contributed by atoms with Crippen LogP contribution in [0.4, 0.5) is 0 Å². The van der Waals surface area contributed by atoms with Gasteiger partial charge in [0.2, 0.25) is 0 Å². The quantitative estimate of drug-likeness (QED) is 0.730. The van der Waals surface area contributed by atoms with Crippen molar-refractivity contribution in [3.05, 3.63) is 35.4 Å². The van der Waals surface area contributed by atoms with Gasteiger partial charge in [0.1, 0.15) is 0 Å². The van der Waals surface area contributed by atoms with E-state index in [-0.39, 0.29) is 0 Å². The Morgan fingerprint density at radius 2 is 2.29 bits per heavy atom. The molecular weight excluding hydrogens is 170 g/mol. The van der Waals surface area contributed by atoms with Gasteiger partial charge >= 0.3 is 0 Å². The largest absolute Gasteiger partial charge is 0.344 e. The molecule has 1 fully saturated rings. The molecular formula is C13H20N+. The zero-order chi connectivity index (χ0) is 9.80. The number of hydrogen-bond acceptors (Lipinski definition) is 0. The summed E-state index contributed by atoms with van der Waals surface area (Å²) >= 11 is 0. The number of rotatable bonds is 2. The van der Waals surface area contributed by atoms with Crippen LogP contribution in [0.5, 0.6) is 0 Å². The maximum atomic E-state index is 2.52. The van der Waals surface area contributed by atoms with E-state index in [0.29, 0.717) is 0 Å². The molecule has 0 amide bonds. The van der Waals surface area contributed by atoms with Gasteiger partial charge in [-0.25, -0.2) is 0 Å². The van der Waals surface area contributed by atoms with E-state index in [1.807, 2.05) is 0 Å². The van der Waals surface area contributed by atoms with Crippen LogP contribution in [0.1, 0.15) is 30.4 Å². The van der Waals surface area contributed by atoms with Crippen molar-refractivity contribution in [3.8, 4) is 0 Å². The smallest absolute Gasteiger partial charge is 0.0900 e. The summed E-state index contributed by atoms with van der Waals surface area (Å²) in [6.07, 6.45) is 5.48. The van der Waals surface area contributed by atoms with Crippen LogP contribution in [0.2, 0.25) is 0 Å². The van der Waals surface area contributed by atoms with E-state index >= 15 is 0 Å². The topological polar surface area (TPSA) is 16.6 Å². The van der Waals surface area contributed by atoms with Gasteiger partial charge < -0.3 is 5.32 Å². The average Bonchev–Trinajstić information content (AvgIpc) is 2.19. The van der Waals surface area contributed by atoms with E-state index in [1.165, 1.54) is 43.4 Å². The molecule has 14 heavy (non-hydrogen) atoms. The van der Waals surface area contributed by atoms with Crippen LogP contribution in [0.15, 0.2) is 24.3 Å². The van der Waals surface area contributed by atoms with Crippen LogP contribution in [-0.2, 0) is 6.42 Å². The third-order valence-electron chi connectivity index (χ3n) is 3.11. The molecule has 1 aliphatic rings. The van der Waals surface area contributed by atoms with Crippen LogP contribution >= 0.6 is 0 Å². The molecule has 0 radical (unpaired) electrons. The molecule has 1 aliphatic heterocycles. The van der Waals surface area contributed by atoms with Crippen LogP contribution < -0.4 is 5.32 Å². The fraction of sp³-hybridized carbons (Fsp3) is 0.538. The summed E-state index contributed by atoms with van der Waals surface area (Å²) < 4.78 is 0. The Labute approximate surface area is 86.5 Å². The first-order valence-electron chi connectivity index (χ1n) is 5.73. The Hall–Kier alpha value is -0.820. The minimum absolute atomic E-state index is 0.838. The second kappa shape index (κ2) is 4.61. The maximum Gasteiger partial charge on any atom is 0.0900 e. The lowest BCUT2D eigenvalue weighted by molar-refractivity contribution is -0.697. The maximum absolute atomic E-state index is 2.52. The molecule has 1 heteroatoms. The Bertz CT molecular complexity index is 287. The van der Waals surface area contributed by atoms with Gasteiger partial charge in [0, 0.05) is 6.42 Å². The molecule has 0 bridgehead atoms. The van der Waals surface area contributed by atoms with Gasteiger partial charge in [-0.15, -0.1) is 0 Å². The minimum atomic E-state index is 0.838. The zero-order valence-corrected chi connectivity index (χ0v) is 9.00. The van der Waals surface area contributed by atoms with Crippen molar-refractivity contribution >= 4 is 0 Å². The van der Waals surface area contributed by atoms with Gasteiger partial charge in [-0.1, -0.05) is 29.8 Å². The zero-order valence-electron chi connectivity index (χ0n) is 9.00. The molecule has 0 aromatic heterocycles. The van der Waals surface area contributed by atoms with E-state index in [0.717, 1.165) is 6.04 Å². The normalized spacial score (nSPS) is 22.2. The Kier molecular flexibility index (Phi) is 3.20. The van der Waals surface area contributed by atoms with Crippen molar-refractivity contribution in [1.82, 2.24) is 0 Å². The molecule has 1 aromatic carbocycles. The molecule has 0 aliphatic carbocycles. The van der Waals surface area contributed by atoms with Gasteiger partial charge in [0.05, 0.1) is 12.6 Å². The van der Waals surface area contributed by atoms with E-state index in [1.54, 1.807) is 0 Å². The standard InChI is InChI=1S/C13H19N/c1-11-5-4-6-12(9-11)10-13-7-2-3-8-14-13/h4-6,9,13-14H,2-3,7-8,10H2,1H3/p+1/t13-/m1/s1. The fourth-order valence-electron chi connectivity index (χ4n) is 2.35. The number of quaternary nitrogens is 1. The summed E-state index contributed by atoms with van der Waals surface area (Å²) in [5, 5.41) is 2.52. The highest BCUT2D eigenvalue weighted by Gasteiger charge is 2.16. The summed E-state index contributed by atoms with van der Waals surface area (Å²) in [4.78, 5) is 0. The van der Waals surface area contributed by atoms with Crippen molar-refractivity contribution in [3.63, 3.8) is 0 Å². The molecule has 0 unspecified atom stereocenters. The minimum Gasteiger partial charge on any atom is -0.344 e. The van der Waals surface area contributed by atoms with Crippen molar-refractivity contribution in [1.29, 1.82) is 0 Å². The number of aryl methyl sites for hydroxylation is 1. The molecule has 1 heterocycles. The summed E-state index contributed by atoms with van der Waals surface area (Å²) in [6.45, 7) is 3.50. The predicted octanol–water partition coefficient (Wildman–Crippen LogP) is 1.65. The van der Waals surface area contributed by atoms with Crippen LogP contribution in [-0.4, -0.2) is 12.6 Å². The molecule has 1 saturated heterocycles. The van der Waals surface area contributed by atoms with Crippen LogP contribution in [0, 0.1) is 6.92 Å². The van der Waals surface area contributed by atoms with Gasteiger partial charge in [-0.3, -0.25) is 0 Å². The highest BCUT2D eigenvalue weighted by Crippen LogP contribution is 2.10. The lowest BCUT2D eigenvalue weighted by Gasteiger charge is -2.20. The van der Waals surface area contributed by atoms with Gasteiger partial charge in [-0.2, -0.15) is 0 Å². The van der Waals surface area contributed by atoms with Crippen molar-refractivity contribution in [2.45, 2.75) is 38.6 Å². The number of nitrogens with two attached hydrogens (primary N) is 1. The highest BCUT2D eigenvalue weighted by molar-refractivity contribution is 5.22. The number of piperidine rings is 1. The average molecular weight is 190 g/mol.